The number of rotatable bonds is 6. The van der Waals surface area contributed by atoms with Crippen molar-refractivity contribution in [2.24, 2.45) is 5.10 Å². The first kappa shape index (κ1) is 20.6. The highest BCUT2D eigenvalue weighted by atomic mass is 35.5. The van der Waals surface area contributed by atoms with Crippen LogP contribution in [-0.2, 0) is 16.1 Å². The third kappa shape index (κ3) is 5.42. The Labute approximate surface area is 163 Å². The second-order valence-electron chi connectivity index (χ2n) is 5.34. The Morgan fingerprint density at radius 1 is 1.25 bits per heavy atom. The van der Waals surface area contributed by atoms with Crippen LogP contribution in [0.4, 0.5) is 5.69 Å². The van der Waals surface area contributed by atoms with E-state index >= 15 is 0 Å². The number of methoxy groups -OCH3 is 1. The summed E-state index contributed by atoms with van der Waals surface area (Å²) in [5.74, 6) is -3.09. The van der Waals surface area contributed by atoms with Crippen molar-refractivity contribution in [2.75, 3.05) is 7.11 Å². The van der Waals surface area contributed by atoms with Crippen molar-refractivity contribution in [1.82, 2.24) is 10.7 Å². The van der Waals surface area contributed by atoms with Crippen molar-refractivity contribution >= 4 is 35.3 Å². The molecule has 0 fully saturated rings. The van der Waals surface area contributed by atoms with Gasteiger partial charge in [0.2, 0.25) is 0 Å². The van der Waals surface area contributed by atoms with Crippen LogP contribution in [0.15, 0.2) is 41.5 Å². The minimum absolute atomic E-state index is 0.113. The summed E-state index contributed by atoms with van der Waals surface area (Å²) >= 11 is 5.76. The predicted molar refractivity (Wildman–Crippen MR) is 98.1 cm³/mol. The summed E-state index contributed by atoms with van der Waals surface area (Å²) in [5.41, 5.74) is 2.16. The largest absolute Gasteiger partial charge is 0.865 e. The molecule has 28 heavy (non-hydrogen) atoms. The van der Waals surface area contributed by atoms with Gasteiger partial charge < -0.3 is 15.2 Å². The number of nitrogens with one attached hydrogen (secondary N) is 2. The van der Waals surface area contributed by atoms with E-state index in [0.29, 0.717) is 5.02 Å². The zero-order valence-corrected chi connectivity index (χ0v) is 15.2. The quantitative estimate of drug-likeness (QED) is 0.318. The number of hydrazone groups is 1. The molecule has 0 unspecified atom stereocenters. The van der Waals surface area contributed by atoms with Gasteiger partial charge in [-0.15, -0.1) is 0 Å². The number of amides is 2. The molecule has 0 heterocycles. The Morgan fingerprint density at radius 3 is 2.54 bits per heavy atom. The summed E-state index contributed by atoms with van der Waals surface area (Å²) in [5, 5.41) is 29.1. The van der Waals surface area contributed by atoms with Gasteiger partial charge in [-0.1, -0.05) is 23.7 Å². The summed E-state index contributed by atoms with van der Waals surface area (Å²) in [6.07, 6.45) is 1.04. The lowest BCUT2D eigenvalue weighted by molar-refractivity contribution is -0.398. The minimum Gasteiger partial charge on any atom is -0.865 e. The number of ether oxygens (including phenoxy) is 1. The van der Waals surface area contributed by atoms with Crippen LogP contribution in [0, 0.1) is 10.1 Å². The number of hydrogen-bond donors (Lipinski definition) is 2. The van der Waals surface area contributed by atoms with E-state index < -0.39 is 28.2 Å². The first-order valence-corrected chi connectivity index (χ1v) is 8.08. The molecule has 146 valence electrons. The van der Waals surface area contributed by atoms with Gasteiger partial charge in [-0.3, -0.25) is 19.7 Å². The topological polar surface area (TPSA) is 146 Å². The molecule has 0 saturated carbocycles. The van der Waals surface area contributed by atoms with E-state index in [1.54, 1.807) is 24.3 Å². The predicted octanol–water partition coefficient (Wildman–Crippen LogP) is 1.10. The smallest absolute Gasteiger partial charge is 0.329 e. The lowest BCUT2D eigenvalue weighted by Crippen LogP contribution is -2.37. The first-order valence-electron chi connectivity index (χ1n) is 7.71. The zero-order chi connectivity index (χ0) is 20.7. The lowest BCUT2D eigenvalue weighted by Gasteiger charge is -2.12. The van der Waals surface area contributed by atoms with E-state index in [0.717, 1.165) is 17.8 Å². The fourth-order valence-electron chi connectivity index (χ4n) is 2.05. The Morgan fingerprint density at radius 2 is 1.93 bits per heavy atom. The van der Waals surface area contributed by atoms with Crippen molar-refractivity contribution in [1.29, 1.82) is 0 Å². The molecular weight excluding hydrogens is 392 g/mol. The molecule has 2 aromatic carbocycles. The standard InChI is InChI=1S/C17H15ClN4O6/c1-28-14-7-11(6-13(15(14)23)22(26)27)9-20-21-17(25)16(24)19-8-10-2-4-12(18)5-3-10/h2-7,9,23H,8H2,1H3,(H,19,24)(H,21,25)/p-1/b20-9-. The van der Waals surface area contributed by atoms with Crippen molar-refractivity contribution in [2.45, 2.75) is 6.54 Å². The SMILES string of the molecule is COc1cc(/C=N\NC(=O)C(=O)NCc2ccc(Cl)cc2)cc([N+](=O)[O-])c1[O-]. The Hall–Kier alpha value is -3.66. The molecule has 0 aliphatic heterocycles. The van der Waals surface area contributed by atoms with Crippen LogP contribution in [0.1, 0.15) is 11.1 Å². The van der Waals surface area contributed by atoms with Gasteiger partial charge in [0.1, 0.15) is 5.75 Å². The van der Waals surface area contributed by atoms with Crippen LogP contribution in [0.2, 0.25) is 5.02 Å². The highest BCUT2D eigenvalue weighted by Crippen LogP contribution is 2.33. The second-order valence-corrected chi connectivity index (χ2v) is 5.77. The van der Waals surface area contributed by atoms with Crippen LogP contribution in [0.5, 0.6) is 11.5 Å². The number of hydrogen-bond acceptors (Lipinski definition) is 7. The van der Waals surface area contributed by atoms with Gasteiger partial charge in [0, 0.05) is 28.9 Å². The average Bonchev–Trinajstić information content (AvgIpc) is 2.67. The van der Waals surface area contributed by atoms with Gasteiger partial charge in [-0.05, 0) is 23.8 Å². The normalized spacial score (nSPS) is 10.5. The number of halogens is 1. The molecule has 0 saturated heterocycles. The summed E-state index contributed by atoms with van der Waals surface area (Å²) in [6.45, 7) is 0.113. The van der Waals surface area contributed by atoms with E-state index in [1.807, 2.05) is 5.43 Å². The maximum absolute atomic E-state index is 11.7. The van der Waals surface area contributed by atoms with Crippen molar-refractivity contribution in [3.8, 4) is 11.5 Å². The molecule has 0 atom stereocenters. The zero-order valence-electron chi connectivity index (χ0n) is 14.5. The highest BCUT2D eigenvalue weighted by molar-refractivity contribution is 6.35. The van der Waals surface area contributed by atoms with Gasteiger partial charge in [-0.25, -0.2) is 5.43 Å². The van der Waals surface area contributed by atoms with Crippen LogP contribution in [0.25, 0.3) is 0 Å². The summed E-state index contributed by atoms with van der Waals surface area (Å²) in [7, 11) is 1.19. The van der Waals surface area contributed by atoms with E-state index in [9.17, 15) is 24.8 Å². The van der Waals surface area contributed by atoms with Crippen molar-refractivity contribution < 1.29 is 24.4 Å². The fourth-order valence-corrected chi connectivity index (χ4v) is 2.18. The van der Waals surface area contributed by atoms with Gasteiger partial charge in [0.15, 0.2) is 0 Å². The number of benzene rings is 2. The number of carbonyl (C=O) groups excluding carboxylic acids is 2. The van der Waals surface area contributed by atoms with Gasteiger partial charge in [-0.2, -0.15) is 5.10 Å². The van der Waals surface area contributed by atoms with Gasteiger partial charge in [0.25, 0.3) is 5.69 Å². The van der Waals surface area contributed by atoms with E-state index in [-0.39, 0.29) is 17.9 Å². The van der Waals surface area contributed by atoms with Crippen LogP contribution >= 0.6 is 11.6 Å². The molecule has 2 N–H and O–H groups in total. The monoisotopic (exact) mass is 405 g/mol. The Bertz CT molecular complexity index is 930. The molecule has 2 rings (SSSR count). The van der Waals surface area contributed by atoms with E-state index in [1.165, 1.54) is 13.2 Å². The molecular formula is C17H14ClN4O6-. The number of nitrogens with zero attached hydrogens (tertiary/aromatic N) is 2. The van der Waals surface area contributed by atoms with Crippen LogP contribution < -0.4 is 20.6 Å². The molecule has 0 aromatic heterocycles. The highest BCUT2D eigenvalue weighted by Gasteiger charge is 2.14. The molecule has 10 nitrogen and oxygen atoms in total. The maximum Gasteiger partial charge on any atom is 0.329 e. The summed E-state index contributed by atoms with van der Waals surface area (Å²) in [4.78, 5) is 33.5. The van der Waals surface area contributed by atoms with Gasteiger partial charge in [0.05, 0.1) is 18.2 Å². The molecule has 0 bridgehead atoms. The molecule has 0 spiro atoms. The number of carbonyl (C=O) groups is 2. The average molecular weight is 406 g/mol. The Kier molecular flexibility index (Phi) is 6.88. The van der Waals surface area contributed by atoms with Crippen molar-refractivity contribution in [3.05, 3.63) is 62.7 Å². The van der Waals surface area contributed by atoms with Gasteiger partial charge >= 0.3 is 11.8 Å². The summed E-state index contributed by atoms with van der Waals surface area (Å²) in [6, 6.07) is 8.87. The molecule has 2 aromatic rings. The van der Waals surface area contributed by atoms with Crippen LogP contribution in [-0.4, -0.2) is 30.1 Å². The minimum atomic E-state index is -1.04. The summed E-state index contributed by atoms with van der Waals surface area (Å²) < 4.78 is 4.79. The first-order chi connectivity index (χ1) is 13.3. The van der Waals surface area contributed by atoms with E-state index in [4.69, 9.17) is 16.3 Å². The number of nitro groups is 1. The van der Waals surface area contributed by atoms with E-state index in [2.05, 4.69) is 10.4 Å². The molecule has 11 heteroatoms. The fraction of sp³-hybridized carbons (Fsp3) is 0.118. The third-order valence-corrected chi connectivity index (χ3v) is 3.68. The van der Waals surface area contributed by atoms with Crippen LogP contribution in [0.3, 0.4) is 0 Å². The molecule has 0 aliphatic carbocycles. The maximum atomic E-state index is 11.7. The number of nitro benzene ring substituents is 1. The lowest BCUT2D eigenvalue weighted by atomic mass is 10.2. The second kappa shape index (κ2) is 9.33. The Balaban J connectivity index is 1.96. The third-order valence-electron chi connectivity index (χ3n) is 3.43. The molecule has 2 amide bonds. The van der Waals surface area contributed by atoms with Crippen molar-refractivity contribution in [3.63, 3.8) is 0 Å². The molecule has 0 radical (unpaired) electrons. The molecule has 0 aliphatic rings.